The van der Waals surface area contributed by atoms with Crippen LogP contribution in [0, 0.1) is 0 Å². The second-order valence-corrected chi connectivity index (χ2v) is 7.32. The maximum atomic E-state index is 13.3. The van der Waals surface area contributed by atoms with Crippen LogP contribution in [0.25, 0.3) is 11.3 Å². The van der Waals surface area contributed by atoms with E-state index in [1.54, 1.807) is 18.5 Å². The van der Waals surface area contributed by atoms with Crippen molar-refractivity contribution in [1.82, 2.24) is 19.9 Å². The Balaban J connectivity index is 0.00000101. The number of allylic oxidation sites excluding steroid dienone is 2. The molecule has 0 unspecified atom stereocenters. The standard InChI is InChI=1S/C19H24F2N6O.C3H8.C2H6/c1-12(15-18-23-9-6-10-27(18)26-19(15)28-2)25-14(16(22)17(20)21)11-24-13-7-4-3-5-8-13;1-3-2;1-2/h6,9-11,13,17,25H,1,3-5,7-8,22H2,2H3;3H2,1-2H3;1-2H3/b16-14+,24-11?;;. The van der Waals surface area contributed by atoms with Crippen LogP contribution < -0.4 is 15.8 Å². The average Bonchev–Trinajstić information content (AvgIpc) is 3.22. The summed E-state index contributed by atoms with van der Waals surface area (Å²) >= 11 is 0. The molecule has 0 spiro atoms. The molecule has 0 aromatic carbocycles. The number of nitrogens with two attached hydrogens (primary N) is 1. The first-order chi connectivity index (χ1) is 15.9. The van der Waals surface area contributed by atoms with Crippen LogP contribution in [0.5, 0.6) is 5.88 Å². The van der Waals surface area contributed by atoms with Crippen molar-refractivity contribution < 1.29 is 13.5 Å². The summed E-state index contributed by atoms with van der Waals surface area (Å²) in [6.45, 7) is 12.2. The molecule has 3 N–H and O–H groups in total. The molecular weight excluding hydrogens is 426 g/mol. The Bertz CT molecular complexity index is 917. The Kier molecular flexibility index (Phi) is 12.7. The monoisotopic (exact) mass is 464 g/mol. The van der Waals surface area contributed by atoms with Gasteiger partial charge in [0, 0.05) is 24.3 Å². The number of aromatic nitrogens is 3. The van der Waals surface area contributed by atoms with Crippen LogP contribution in [0.3, 0.4) is 0 Å². The number of ether oxygens (including phenoxy) is 1. The van der Waals surface area contributed by atoms with Crippen molar-refractivity contribution in [1.29, 1.82) is 0 Å². The lowest BCUT2D eigenvalue weighted by Gasteiger charge is -2.18. The van der Waals surface area contributed by atoms with E-state index in [1.165, 1.54) is 30.7 Å². The Morgan fingerprint density at radius 2 is 1.97 bits per heavy atom. The number of methoxy groups -OCH3 is 1. The number of rotatable bonds is 7. The first kappa shape index (κ1) is 28.1. The second kappa shape index (κ2) is 15.0. The van der Waals surface area contributed by atoms with Crippen molar-refractivity contribution in [2.45, 2.75) is 78.7 Å². The lowest BCUT2D eigenvalue weighted by Crippen LogP contribution is -2.23. The molecule has 0 bridgehead atoms. The minimum Gasteiger partial charge on any atom is -0.479 e. The number of aliphatic imine (C=N–C) groups is 1. The van der Waals surface area contributed by atoms with Gasteiger partial charge in [-0.2, -0.15) is 0 Å². The molecule has 2 heterocycles. The maximum Gasteiger partial charge on any atom is 0.279 e. The van der Waals surface area contributed by atoms with Gasteiger partial charge in [-0.15, -0.1) is 5.10 Å². The SMILES string of the molecule is C=C(N/C(C=NC1CCCCC1)=C(/N)C(F)F)c1c(OC)nn2cccnc12.CC.CCC. The fourth-order valence-electron chi connectivity index (χ4n) is 3.21. The molecule has 0 saturated heterocycles. The van der Waals surface area contributed by atoms with Gasteiger partial charge < -0.3 is 15.8 Å². The van der Waals surface area contributed by atoms with Crippen LogP contribution in [0.15, 0.2) is 41.4 Å². The Hall–Kier alpha value is -2.97. The molecular formula is C24H38F2N6O. The van der Waals surface area contributed by atoms with Gasteiger partial charge in [0.05, 0.1) is 18.8 Å². The fraction of sp³-hybridized carbons (Fsp3) is 0.542. The van der Waals surface area contributed by atoms with E-state index in [9.17, 15) is 8.78 Å². The predicted octanol–water partition coefficient (Wildman–Crippen LogP) is 5.58. The summed E-state index contributed by atoms with van der Waals surface area (Å²) in [6, 6.07) is 1.84. The van der Waals surface area contributed by atoms with Crippen molar-refractivity contribution in [2.24, 2.45) is 10.7 Å². The molecule has 3 rings (SSSR count). The van der Waals surface area contributed by atoms with E-state index in [1.807, 2.05) is 13.8 Å². The molecule has 1 aliphatic rings. The van der Waals surface area contributed by atoms with Crippen LogP contribution in [0.2, 0.25) is 0 Å². The van der Waals surface area contributed by atoms with E-state index in [0.717, 1.165) is 25.7 Å². The predicted molar refractivity (Wildman–Crippen MR) is 132 cm³/mol. The van der Waals surface area contributed by atoms with E-state index in [2.05, 4.69) is 40.8 Å². The van der Waals surface area contributed by atoms with Gasteiger partial charge in [0.1, 0.15) is 11.3 Å². The molecule has 0 radical (unpaired) electrons. The molecule has 1 aliphatic carbocycles. The third kappa shape index (κ3) is 8.14. The van der Waals surface area contributed by atoms with E-state index < -0.39 is 12.1 Å². The number of nitrogens with one attached hydrogen (secondary N) is 1. The zero-order chi connectivity index (χ0) is 24.8. The van der Waals surface area contributed by atoms with Crippen LogP contribution in [-0.2, 0) is 0 Å². The third-order valence-corrected chi connectivity index (χ3v) is 4.68. The van der Waals surface area contributed by atoms with Crippen molar-refractivity contribution in [3.8, 4) is 5.88 Å². The largest absolute Gasteiger partial charge is 0.479 e. The zero-order valence-electron chi connectivity index (χ0n) is 20.4. The second-order valence-electron chi connectivity index (χ2n) is 7.32. The summed E-state index contributed by atoms with van der Waals surface area (Å²) < 4.78 is 33.4. The highest BCUT2D eigenvalue weighted by molar-refractivity contribution is 5.86. The van der Waals surface area contributed by atoms with Crippen LogP contribution >= 0.6 is 0 Å². The number of halogens is 2. The molecule has 33 heavy (non-hydrogen) atoms. The van der Waals surface area contributed by atoms with E-state index in [-0.39, 0.29) is 17.6 Å². The molecule has 0 amide bonds. The van der Waals surface area contributed by atoms with Gasteiger partial charge in [0.2, 0.25) is 5.88 Å². The molecule has 7 nitrogen and oxygen atoms in total. The minimum absolute atomic E-state index is 0.0166. The zero-order valence-corrected chi connectivity index (χ0v) is 20.4. The van der Waals surface area contributed by atoms with E-state index in [0.29, 0.717) is 16.9 Å². The number of hydrogen-bond acceptors (Lipinski definition) is 6. The number of fused-ring (bicyclic) bond motifs is 1. The Morgan fingerprint density at radius 3 is 2.55 bits per heavy atom. The molecule has 184 valence electrons. The van der Waals surface area contributed by atoms with Crippen molar-refractivity contribution >= 4 is 17.6 Å². The topological polar surface area (TPSA) is 89.8 Å². The first-order valence-corrected chi connectivity index (χ1v) is 11.6. The fourth-order valence-corrected chi connectivity index (χ4v) is 3.21. The molecule has 9 heteroatoms. The summed E-state index contributed by atoms with van der Waals surface area (Å²) in [5.74, 6) is 0.274. The van der Waals surface area contributed by atoms with Crippen molar-refractivity contribution in [2.75, 3.05) is 7.11 Å². The molecule has 2 aromatic rings. The van der Waals surface area contributed by atoms with Gasteiger partial charge in [-0.05, 0) is 18.9 Å². The Morgan fingerprint density at radius 1 is 1.33 bits per heavy atom. The van der Waals surface area contributed by atoms with Gasteiger partial charge >= 0.3 is 0 Å². The van der Waals surface area contributed by atoms with Crippen molar-refractivity contribution in [3.05, 3.63) is 42.0 Å². The highest BCUT2D eigenvalue weighted by Gasteiger charge is 2.20. The Labute approximate surface area is 195 Å². The average molecular weight is 465 g/mol. The summed E-state index contributed by atoms with van der Waals surface area (Å²) in [6.07, 6.45) is 8.39. The van der Waals surface area contributed by atoms with Gasteiger partial charge in [-0.25, -0.2) is 18.3 Å². The maximum absolute atomic E-state index is 13.3. The normalized spacial score (nSPS) is 14.8. The lowest BCUT2D eigenvalue weighted by molar-refractivity contribution is 0.186. The van der Waals surface area contributed by atoms with Crippen molar-refractivity contribution in [3.63, 3.8) is 0 Å². The van der Waals surface area contributed by atoms with Crippen LogP contribution in [0.4, 0.5) is 8.78 Å². The number of hydrogen-bond donors (Lipinski definition) is 2. The smallest absolute Gasteiger partial charge is 0.279 e. The first-order valence-electron chi connectivity index (χ1n) is 11.6. The molecule has 0 aliphatic heterocycles. The van der Waals surface area contributed by atoms with Gasteiger partial charge in [-0.3, -0.25) is 4.99 Å². The highest BCUT2D eigenvalue weighted by atomic mass is 19.3. The van der Waals surface area contributed by atoms with E-state index >= 15 is 0 Å². The van der Waals surface area contributed by atoms with Gasteiger partial charge in [0.15, 0.2) is 5.65 Å². The summed E-state index contributed by atoms with van der Waals surface area (Å²) in [5, 5.41) is 7.13. The summed E-state index contributed by atoms with van der Waals surface area (Å²) in [5.41, 5.74) is 6.29. The molecule has 2 aromatic heterocycles. The van der Waals surface area contributed by atoms with Crippen LogP contribution in [-0.4, -0.2) is 40.4 Å². The minimum atomic E-state index is -2.82. The lowest BCUT2D eigenvalue weighted by atomic mass is 9.96. The van der Waals surface area contributed by atoms with Gasteiger partial charge in [0.25, 0.3) is 6.43 Å². The molecule has 1 saturated carbocycles. The summed E-state index contributed by atoms with van der Waals surface area (Å²) in [4.78, 5) is 8.73. The quantitative estimate of drug-likeness (QED) is 0.522. The highest BCUT2D eigenvalue weighted by Crippen LogP contribution is 2.27. The van der Waals surface area contributed by atoms with E-state index in [4.69, 9.17) is 10.5 Å². The third-order valence-electron chi connectivity index (χ3n) is 4.68. The number of alkyl halides is 2. The van der Waals surface area contributed by atoms with Gasteiger partial charge in [-0.1, -0.05) is 60.0 Å². The molecule has 0 atom stereocenters. The molecule has 1 fully saturated rings. The van der Waals surface area contributed by atoms with Crippen LogP contribution in [0.1, 0.15) is 71.8 Å². The summed E-state index contributed by atoms with van der Waals surface area (Å²) in [7, 11) is 1.47. The number of nitrogens with zero attached hydrogens (tertiary/aromatic N) is 4.